The minimum absolute atomic E-state index is 0.0722. The zero-order valence-corrected chi connectivity index (χ0v) is 15.0. The second-order valence-electron chi connectivity index (χ2n) is 6.94. The van der Waals surface area contributed by atoms with Crippen molar-refractivity contribution in [1.29, 1.82) is 0 Å². The molecule has 27 heavy (non-hydrogen) atoms. The molecule has 0 aromatic carbocycles. The third-order valence-corrected chi connectivity index (χ3v) is 5.28. The van der Waals surface area contributed by atoms with E-state index in [-0.39, 0.29) is 18.4 Å². The lowest BCUT2D eigenvalue weighted by Crippen LogP contribution is -2.54. The minimum Gasteiger partial charge on any atom is -0.356 e. The molecular formula is C20H22N4O3. The second kappa shape index (κ2) is 7.84. The molecule has 2 aromatic rings. The first-order chi connectivity index (χ1) is 13.2. The molecule has 0 bridgehead atoms. The van der Waals surface area contributed by atoms with E-state index in [1.807, 2.05) is 35.5 Å². The van der Waals surface area contributed by atoms with Crippen molar-refractivity contribution >= 4 is 11.8 Å². The first kappa shape index (κ1) is 17.6. The number of morpholine rings is 1. The summed E-state index contributed by atoms with van der Waals surface area (Å²) in [6.07, 6.45) is 8.04. The van der Waals surface area contributed by atoms with Crippen molar-refractivity contribution in [2.24, 2.45) is 0 Å². The fourth-order valence-electron chi connectivity index (χ4n) is 3.83. The van der Waals surface area contributed by atoms with Crippen LogP contribution in [0, 0.1) is 0 Å². The molecule has 0 radical (unpaired) electrons. The number of likely N-dealkylation sites (tertiary alicyclic amines) is 1. The molecule has 0 unspecified atom stereocenters. The van der Waals surface area contributed by atoms with Gasteiger partial charge in [-0.15, -0.1) is 0 Å². The number of pyridine rings is 2. The Morgan fingerprint density at radius 1 is 1.07 bits per heavy atom. The number of nitrogens with one attached hydrogen (secondary N) is 1. The summed E-state index contributed by atoms with van der Waals surface area (Å²) in [4.78, 5) is 34.9. The van der Waals surface area contributed by atoms with Gasteiger partial charge in [-0.2, -0.15) is 0 Å². The second-order valence-corrected chi connectivity index (χ2v) is 6.94. The van der Waals surface area contributed by atoms with E-state index in [1.165, 1.54) is 5.56 Å². The Morgan fingerprint density at radius 2 is 1.85 bits per heavy atom. The SMILES string of the molecule is O=C1CO[C@H](C(=O)N2CCC(c3ccncc3)CC2)[C@@H](c2cccnc2)N1. The molecule has 2 atom stereocenters. The third kappa shape index (κ3) is 3.83. The Labute approximate surface area is 157 Å². The van der Waals surface area contributed by atoms with Gasteiger partial charge in [0.05, 0.1) is 6.04 Å². The summed E-state index contributed by atoms with van der Waals surface area (Å²) in [6.45, 7) is 1.26. The van der Waals surface area contributed by atoms with E-state index in [0.717, 1.165) is 18.4 Å². The fraction of sp³-hybridized carbons (Fsp3) is 0.400. The summed E-state index contributed by atoms with van der Waals surface area (Å²) in [6, 6.07) is 7.21. The predicted molar refractivity (Wildman–Crippen MR) is 97.7 cm³/mol. The number of carbonyl (C=O) groups is 2. The zero-order valence-electron chi connectivity index (χ0n) is 15.0. The fourth-order valence-corrected chi connectivity index (χ4v) is 3.83. The molecule has 0 saturated carbocycles. The van der Waals surface area contributed by atoms with Gasteiger partial charge in [0.1, 0.15) is 6.61 Å². The molecule has 140 valence electrons. The molecule has 0 spiro atoms. The van der Waals surface area contributed by atoms with Crippen LogP contribution < -0.4 is 5.32 Å². The summed E-state index contributed by atoms with van der Waals surface area (Å²) in [5.41, 5.74) is 2.04. The van der Waals surface area contributed by atoms with Crippen LogP contribution in [-0.2, 0) is 14.3 Å². The number of piperidine rings is 1. The smallest absolute Gasteiger partial charge is 0.254 e. The molecule has 2 fully saturated rings. The van der Waals surface area contributed by atoms with Crippen LogP contribution in [0.15, 0.2) is 49.1 Å². The molecule has 2 saturated heterocycles. The van der Waals surface area contributed by atoms with E-state index in [0.29, 0.717) is 19.0 Å². The molecule has 1 N–H and O–H groups in total. The average molecular weight is 366 g/mol. The number of ether oxygens (including phenoxy) is 1. The topological polar surface area (TPSA) is 84.4 Å². The highest BCUT2D eigenvalue weighted by molar-refractivity contribution is 5.86. The maximum atomic E-state index is 13.1. The van der Waals surface area contributed by atoms with Crippen LogP contribution in [0.1, 0.15) is 35.9 Å². The van der Waals surface area contributed by atoms with Gasteiger partial charge in [-0.1, -0.05) is 6.07 Å². The molecule has 7 nitrogen and oxygen atoms in total. The number of aromatic nitrogens is 2. The van der Waals surface area contributed by atoms with Crippen molar-refractivity contribution in [3.05, 3.63) is 60.2 Å². The van der Waals surface area contributed by atoms with Gasteiger partial charge in [0.25, 0.3) is 5.91 Å². The van der Waals surface area contributed by atoms with E-state index in [2.05, 4.69) is 15.3 Å². The lowest BCUT2D eigenvalue weighted by molar-refractivity contribution is -0.156. The van der Waals surface area contributed by atoms with Gasteiger partial charge in [-0.3, -0.25) is 19.6 Å². The molecule has 2 amide bonds. The average Bonchev–Trinajstić information content (AvgIpc) is 2.74. The minimum atomic E-state index is -0.718. The number of nitrogens with zero attached hydrogens (tertiary/aromatic N) is 3. The molecule has 2 aliphatic rings. The van der Waals surface area contributed by atoms with E-state index in [9.17, 15) is 9.59 Å². The molecule has 4 heterocycles. The number of hydrogen-bond acceptors (Lipinski definition) is 5. The molecule has 0 aliphatic carbocycles. The van der Waals surface area contributed by atoms with Crippen molar-refractivity contribution in [2.75, 3.05) is 19.7 Å². The van der Waals surface area contributed by atoms with Crippen LogP contribution in [0.3, 0.4) is 0 Å². The first-order valence-corrected chi connectivity index (χ1v) is 9.22. The van der Waals surface area contributed by atoms with Crippen LogP contribution in [0.25, 0.3) is 0 Å². The van der Waals surface area contributed by atoms with Crippen molar-refractivity contribution < 1.29 is 14.3 Å². The number of carbonyl (C=O) groups excluding carboxylic acids is 2. The van der Waals surface area contributed by atoms with Crippen molar-refractivity contribution in [3.63, 3.8) is 0 Å². The lowest BCUT2D eigenvalue weighted by atomic mass is 9.89. The summed E-state index contributed by atoms with van der Waals surface area (Å²) in [7, 11) is 0. The maximum absolute atomic E-state index is 13.1. The van der Waals surface area contributed by atoms with E-state index < -0.39 is 12.1 Å². The van der Waals surface area contributed by atoms with Gasteiger partial charge in [0.2, 0.25) is 5.91 Å². The summed E-state index contributed by atoms with van der Waals surface area (Å²) in [5, 5.41) is 2.88. The largest absolute Gasteiger partial charge is 0.356 e. The van der Waals surface area contributed by atoms with E-state index >= 15 is 0 Å². The van der Waals surface area contributed by atoms with Crippen LogP contribution >= 0.6 is 0 Å². The van der Waals surface area contributed by atoms with Gasteiger partial charge in [0.15, 0.2) is 6.10 Å². The Bertz CT molecular complexity index is 791. The Morgan fingerprint density at radius 3 is 2.56 bits per heavy atom. The zero-order chi connectivity index (χ0) is 18.6. The van der Waals surface area contributed by atoms with Gasteiger partial charge in [-0.25, -0.2) is 0 Å². The molecular weight excluding hydrogens is 344 g/mol. The molecule has 2 aromatic heterocycles. The number of amides is 2. The summed E-state index contributed by atoms with van der Waals surface area (Å²) >= 11 is 0. The summed E-state index contributed by atoms with van der Waals surface area (Å²) in [5.74, 6) is 0.152. The maximum Gasteiger partial charge on any atom is 0.254 e. The van der Waals surface area contributed by atoms with Crippen molar-refractivity contribution in [2.45, 2.75) is 30.9 Å². The predicted octanol–water partition coefficient (Wildman–Crippen LogP) is 1.44. The van der Waals surface area contributed by atoms with Gasteiger partial charge >= 0.3 is 0 Å². The van der Waals surface area contributed by atoms with E-state index in [1.54, 1.807) is 18.5 Å². The highest BCUT2D eigenvalue weighted by Gasteiger charge is 2.39. The van der Waals surface area contributed by atoms with Crippen LogP contribution in [-0.4, -0.2) is 52.5 Å². The van der Waals surface area contributed by atoms with Crippen molar-refractivity contribution in [1.82, 2.24) is 20.2 Å². The Kier molecular flexibility index (Phi) is 5.11. The summed E-state index contributed by atoms with van der Waals surface area (Å²) < 4.78 is 5.64. The Hall–Kier alpha value is -2.80. The van der Waals surface area contributed by atoms with Crippen molar-refractivity contribution in [3.8, 4) is 0 Å². The highest BCUT2D eigenvalue weighted by atomic mass is 16.5. The molecule has 4 rings (SSSR count). The number of hydrogen-bond donors (Lipinski definition) is 1. The van der Waals surface area contributed by atoms with Gasteiger partial charge in [0, 0.05) is 37.9 Å². The first-order valence-electron chi connectivity index (χ1n) is 9.22. The number of rotatable bonds is 3. The molecule has 7 heteroatoms. The van der Waals surface area contributed by atoms with Crippen LogP contribution in [0.2, 0.25) is 0 Å². The van der Waals surface area contributed by atoms with E-state index in [4.69, 9.17) is 4.74 Å². The quantitative estimate of drug-likeness (QED) is 0.889. The third-order valence-electron chi connectivity index (χ3n) is 5.28. The standard InChI is InChI=1S/C20H22N4O3/c25-17-13-27-19(18(23-17)16-2-1-7-22-12-16)20(26)24-10-5-15(6-11-24)14-3-8-21-9-4-14/h1-4,7-9,12,15,18-19H,5-6,10-11,13H2,(H,23,25)/t18-,19+/m1/s1. The van der Waals surface area contributed by atoms with Crippen LogP contribution in [0.5, 0.6) is 0 Å². The lowest BCUT2D eigenvalue weighted by Gasteiger charge is -2.38. The Balaban J connectivity index is 1.44. The normalized spacial score (nSPS) is 23.7. The monoisotopic (exact) mass is 366 g/mol. The molecule has 2 aliphatic heterocycles. The van der Waals surface area contributed by atoms with Crippen LogP contribution in [0.4, 0.5) is 0 Å². The van der Waals surface area contributed by atoms with Gasteiger partial charge < -0.3 is 15.0 Å². The highest BCUT2D eigenvalue weighted by Crippen LogP contribution is 2.30. The van der Waals surface area contributed by atoms with Gasteiger partial charge in [-0.05, 0) is 48.1 Å².